The monoisotopic (exact) mass is 431 g/mol. The zero-order chi connectivity index (χ0) is 21.8. The summed E-state index contributed by atoms with van der Waals surface area (Å²) in [5.74, 6) is 1.58. The third kappa shape index (κ3) is 4.73. The number of methoxy groups -OCH3 is 1. The largest absolute Gasteiger partial charge is 0.497 e. The molecule has 158 valence electrons. The second-order valence-electron chi connectivity index (χ2n) is 7.52. The van der Waals surface area contributed by atoms with Gasteiger partial charge in [0.2, 0.25) is 4.77 Å². The van der Waals surface area contributed by atoms with E-state index in [1.165, 1.54) is 11.1 Å². The highest BCUT2D eigenvalue weighted by Crippen LogP contribution is 2.24. The Bertz CT molecular complexity index is 1200. The number of rotatable bonds is 7. The van der Waals surface area contributed by atoms with Gasteiger partial charge in [0.15, 0.2) is 5.82 Å². The first-order chi connectivity index (χ1) is 15.0. The predicted molar refractivity (Wildman–Crippen MR) is 125 cm³/mol. The molecule has 2 heterocycles. The number of aryl methyl sites for hydroxylation is 1. The van der Waals surface area contributed by atoms with Gasteiger partial charge in [0.1, 0.15) is 5.75 Å². The van der Waals surface area contributed by atoms with E-state index in [4.69, 9.17) is 22.1 Å². The van der Waals surface area contributed by atoms with Crippen LogP contribution in [0.15, 0.2) is 73.1 Å². The average Bonchev–Trinajstić information content (AvgIpc) is 3.12. The van der Waals surface area contributed by atoms with Crippen molar-refractivity contribution in [3.63, 3.8) is 0 Å². The Morgan fingerprint density at radius 2 is 1.65 bits per heavy atom. The molecule has 0 atom stereocenters. The van der Waals surface area contributed by atoms with Crippen molar-refractivity contribution >= 4 is 12.2 Å². The summed E-state index contributed by atoms with van der Waals surface area (Å²) >= 11 is 5.85. The molecule has 0 spiro atoms. The van der Waals surface area contributed by atoms with Crippen molar-refractivity contribution in [1.82, 2.24) is 24.2 Å². The first-order valence-corrected chi connectivity index (χ1v) is 10.4. The molecule has 0 saturated heterocycles. The maximum absolute atomic E-state index is 5.85. The second-order valence-corrected chi connectivity index (χ2v) is 7.88. The number of pyridine rings is 1. The van der Waals surface area contributed by atoms with Crippen molar-refractivity contribution < 1.29 is 4.74 Å². The van der Waals surface area contributed by atoms with Crippen molar-refractivity contribution in [2.75, 3.05) is 14.2 Å². The van der Waals surface area contributed by atoms with Gasteiger partial charge >= 0.3 is 0 Å². The number of hydrogen-bond acceptors (Lipinski definition) is 5. The Labute approximate surface area is 187 Å². The third-order valence-electron chi connectivity index (χ3n) is 5.06. The highest BCUT2D eigenvalue weighted by Gasteiger charge is 2.16. The minimum Gasteiger partial charge on any atom is -0.497 e. The van der Waals surface area contributed by atoms with Crippen LogP contribution >= 0.6 is 12.2 Å². The molecule has 0 radical (unpaired) electrons. The molecule has 0 bridgehead atoms. The van der Waals surface area contributed by atoms with Gasteiger partial charge in [0.05, 0.1) is 19.5 Å². The number of ether oxygens (including phenoxy) is 1. The van der Waals surface area contributed by atoms with Gasteiger partial charge in [-0.3, -0.25) is 14.5 Å². The van der Waals surface area contributed by atoms with Crippen LogP contribution in [0.2, 0.25) is 0 Å². The van der Waals surface area contributed by atoms with E-state index in [0.717, 1.165) is 29.4 Å². The first kappa shape index (κ1) is 21.0. The summed E-state index contributed by atoms with van der Waals surface area (Å²) in [6.45, 7) is 3.48. The molecular formula is C24H25N5OS. The van der Waals surface area contributed by atoms with Gasteiger partial charge in [-0.05, 0) is 68.2 Å². The van der Waals surface area contributed by atoms with Crippen LogP contribution in [-0.4, -0.2) is 38.4 Å². The average molecular weight is 432 g/mol. The van der Waals surface area contributed by atoms with Crippen molar-refractivity contribution in [1.29, 1.82) is 0 Å². The van der Waals surface area contributed by atoms with E-state index in [2.05, 4.69) is 48.1 Å². The van der Waals surface area contributed by atoms with E-state index in [9.17, 15) is 0 Å². The number of nitrogens with zero attached hydrogens (tertiary/aromatic N) is 5. The fraction of sp³-hybridized carbons (Fsp3) is 0.208. The summed E-state index contributed by atoms with van der Waals surface area (Å²) in [5, 5.41) is 4.87. The van der Waals surface area contributed by atoms with Crippen LogP contribution in [-0.2, 0) is 13.2 Å². The Kier molecular flexibility index (Phi) is 6.25. The topological polar surface area (TPSA) is 48.1 Å². The van der Waals surface area contributed by atoms with Crippen LogP contribution in [0.3, 0.4) is 0 Å². The summed E-state index contributed by atoms with van der Waals surface area (Å²) in [7, 11) is 3.73. The van der Waals surface area contributed by atoms with Crippen LogP contribution in [0.1, 0.15) is 11.1 Å². The summed E-state index contributed by atoms with van der Waals surface area (Å²) in [6, 6.07) is 20.3. The fourth-order valence-electron chi connectivity index (χ4n) is 3.44. The molecule has 0 amide bonds. The molecule has 31 heavy (non-hydrogen) atoms. The van der Waals surface area contributed by atoms with Crippen molar-refractivity contribution in [3.8, 4) is 22.8 Å². The molecule has 4 rings (SSSR count). The smallest absolute Gasteiger partial charge is 0.204 e. The molecule has 2 aromatic carbocycles. The second kappa shape index (κ2) is 9.24. The Balaban J connectivity index is 1.69. The predicted octanol–water partition coefficient (Wildman–Crippen LogP) is 4.87. The maximum Gasteiger partial charge on any atom is 0.204 e. The third-order valence-corrected chi connectivity index (χ3v) is 5.45. The van der Waals surface area contributed by atoms with Crippen molar-refractivity contribution in [2.24, 2.45) is 0 Å². The zero-order valence-electron chi connectivity index (χ0n) is 17.9. The van der Waals surface area contributed by atoms with E-state index in [0.29, 0.717) is 11.4 Å². The molecular weight excluding hydrogens is 406 g/mol. The van der Waals surface area contributed by atoms with E-state index in [1.54, 1.807) is 19.5 Å². The summed E-state index contributed by atoms with van der Waals surface area (Å²) < 4.78 is 9.79. The minimum absolute atomic E-state index is 0.577. The molecule has 0 fully saturated rings. The lowest BCUT2D eigenvalue weighted by atomic mass is 10.1. The van der Waals surface area contributed by atoms with Gasteiger partial charge < -0.3 is 4.74 Å². The first-order valence-electron chi connectivity index (χ1n) is 10.0. The number of benzene rings is 2. The minimum atomic E-state index is 0.577. The van der Waals surface area contributed by atoms with E-state index < -0.39 is 0 Å². The fourth-order valence-corrected chi connectivity index (χ4v) is 3.73. The molecule has 7 heteroatoms. The van der Waals surface area contributed by atoms with Gasteiger partial charge in [-0.15, -0.1) is 5.10 Å². The Morgan fingerprint density at radius 3 is 2.29 bits per heavy atom. The van der Waals surface area contributed by atoms with Crippen LogP contribution in [0.5, 0.6) is 5.75 Å². The van der Waals surface area contributed by atoms with Gasteiger partial charge in [0, 0.05) is 24.5 Å². The zero-order valence-corrected chi connectivity index (χ0v) is 18.7. The molecule has 0 saturated carbocycles. The normalized spacial score (nSPS) is 11.1. The molecule has 0 aliphatic heterocycles. The number of hydrogen-bond donors (Lipinski definition) is 0. The molecule has 0 aliphatic rings. The van der Waals surface area contributed by atoms with Crippen LogP contribution in [0.25, 0.3) is 17.1 Å². The molecule has 0 N–H and O–H groups in total. The SMILES string of the molecule is COc1ccc(-n2c(-c3ccncc3)nn(CN(C)Cc3ccc(C)cc3)c2=S)cc1. The summed E-state index contributed by atoms with van der Waals surface area (Å²) in [5.41, 5.74) is 4.40. The van der Waals surface area contributed by atoms with E-state index >= 15 is 0 Å². The highest BCUT2D eigenvalue weighted by atomic mass is 32.1. The highest BCUT2D eigenvalue weighted by molar-refractivity contribution is 7.71. The quantitative estimate of drug-likeness (QED) is 0.391. The summed E-state index contributed by atoms with van der Waals surface area (Å²) in [6.07, 6.45) is 3.53. The maximum atomic E-state index is 5.85. The van der Waals surface area contributed by atoms with Gasteiger partial charge in [-0.25, -0.2) is 4.68 Å². The van der Waals surface area contributed by atoms with Gasteiger partial charge in [-0.1, -0.05) is 29.8 Å². The van der Waals surface area contributed by atoms with Crippen molar-refractivity contribution in [2.45, 2.75) is 20.1 Å². The van der Waals surface area contributed by atoms with Gasteiger partial charge in [0.25, 0.3) is 0 Å². The number of aromatic nitrogens is 4. The van der Waals surface area contributed by atoms with Crippen LogP contribution in [0, 0.1) is 11.7 Å². The lowest BCUT2D eigenvalue weighted by Crippen LogP contribution is -2.22. The lowest BCUT2D eigenvalue weighted by Gasteiger charge is -2.16. The van der Waals surface area contributed by atoms with Crippen LogP contribution in [0.4, 0.5) is 0 Å². The molecule has 0 aliphatic carbocycles. The Morgan fingerprint density at radius 1 is 0.968 bits per heavy atom. The Hall–Kier alpha value is -3.29. The van der Waals surface area contributed by atoms with E-state index in [-0.39, 0.29) is 0 Å². The molecule has 0 unspecified atom stereocenters. The van der Waals surface area contributed by atoms with Crippen LogP contribution < -0.4 is 4.74 Å². The molecule has 4 aromatic rings. The van der Waals surface area contributed by atoms with Gasteiger partial charge in [-0.2, -0.15) is 0 Å². The molecule has 2 aromatic heterocycles. The summed E-state index contributed by atoms with van der Waals surface area (Å²) in [4.78, 5) is 6.33. The molecule has 6 nitrogen and oxygen atoms in total. The van der Waals surface area contributed by atoms with E-state index in [1.807, 2.05) is 45.6 Å². The standard InChI is InChI=1S/C24H25N5OS/c1-18-4-6-19(7-5-18)16-27(2)17-28-24(31)29(21-8-10-22(30-3)11-9-21)23(26-28)20-12-14-25-15-13-20/h4-15H,16-17H2,1-3H3. The lowest BCUT2D eigenvalue weighted by molar-refractivity contribution is 0.244. The van der Waals surface area contributed by atoms with Crippen molar-refractivity contribution in [3.05, 3.63) is 89.0 Å².